The van der Waals surface area contributed by atoms with E-state index in [1.54, 1.807) is 0 Å². The minimum Gasteiger partial charge on any atom is -0.551 e. The molecule has 0 aliphatic rings. The van der Waals surface area contributed by atoms with Gasteiger partial charge in [-0.1, -0.05) is 0 Å². The third-order valence-electron chi connectivity index (χ3n) is 1.07. The minimum absolute atomic E-state index is 0. The van der Waals surface area contributed by atoms with Crippen LogP contribution in [0, 0.1) is 0 Å². The van der Waals surface area contributed by atoms with Crippen LogP contribution < -0.4 is 29.9 Å². The second-order valence-electron chi connectivity index (χ2n) is 1.77. The van der Waals surface area contributed by atoms with E-state index in [1.165, 1.54) is 0 Å². The Labute approximate surface area is 75.9 Å². The number of nitrogens with one attached hydrogen (secondary N) is 1. The fraction of sp³-hybridized carbons (Fsp3) is 0. The van der Waals surface area contributed by atoms with Crippen LogP contribution in [0.3, 0.4) is 0 Å². The molecule has 11 heavy (non-hydrogen) atoms. The zero-order valence-electron chi connectivity index (χ0n) is 5.96. The van der Waals surface area contributed by atoms with Crippen LogP contribution in [-0.2, 0) is 0 Å². The van der Waals surface area contributed by atoms with Crippen LogP contribution in [0.5, 0.6) is 11.5 Å². The molecule has 0 fully saturated rings. The van der Waals surface area contributed by atoms with Crippen molar-refractivity contribution >= 4 is 13.4 Å². The summed E-state index contributed by atoms with van der Waals surface area (Å²) in [4.78, 5) is 12.9. The number of rotatable bonds is 0. The Morgan fingerprint density at radius 2 is 2.00 bits per heavy atom. The number of H-pyrrole nitrogens is 1. The number of aromatic amines is 1. The Balaban J connectivity index is 0.000001000. The minimum atomic E-state index is -0.865. The Morgan fingerprint density at radius 1 is 1.45 bits per heavy atom. The van der Waals surface area contributed by atoms with E-state index < -0.39 is 16.9 Å². The molecule has 1 heterocycles. The summed E-state index contributed by atoms with van der Waals surface area (Å²) in [5.41, 5.74) is -1.01. The van der Waals surface area contributed by atoms with Gasteiger partial charge >= 0.3 is 18.9 Å². The van der Waals surface area contributed by atoms with Crippen molar-refractivity contribution in [2.45, 2.75) is 0 Å². The van der Waals surface area contributed by atoms with E-state index in [1.807, 2.05) is 0 Å². The molecule has 0 aliphatic carbocycles. The standard InChI is InChI=1S/C5H4BNO3.Li/c6-5-4(10)3(9)2(8)1-7-5;/h1,8,10H,(H,7,9);/q-1;+1. The van der Waals surface area contributed by atoms with Crippen LogP contribution in [0.4, 0.5) is 0 Å². The van der Waals surface area contributed by atoms with Gasteiger partial charge in [0.15, 0.2) is 5.75 Å². The maximum Gasteiger partial charge on any atom is 1.00 e. The molecule has 1 aromatic heterocycles. The molecule has 0 saturated heterocycles. The first-order valence-electron chi connectivity index (χ1n) is 2.52. The molecule has 0 atom stereocenters. The van der Waals surface area contributed by atoms with Crippen molar-refractivity contribution in [2.75, 3.05) is 0 Å². The zero-order chi connectivity index (χ0) is 7.72. The summed E-state index contributed by atoms with van der Waals surface area (Å²) in [6.45, 7) is 0. The summed E-state index contributed by atoms with van der Waals surface area (Å²) in [5.74, 6) is -1.20. The van der Waals surface area contributed by atoms with Crippen molar-refractivity contribution in [3.8, 4) is 11.5 Å². The smallest absolute Gasteiger partial charge is 0.551 e. The average molecular weight is 144 g/mol. The van der Waals surface area contributed by atoms with Crippen molar-refractivity contribution in [1.82, 2.24) is 4.98 Å². The van der Waals surface area contributed by atoms with Crippen LogP contribution in [0.15, 0.2) is 11.0 Å². The Bertz CT molecular complexity index is 311. The first-order valence-corrected chi connectivity index (χ1v) is 2.52. The first kappa shape index (κ1) is 10.2. The van der Waals surface area contributed by atoms with Crippen molar-refractivity contribution in [1.29, 1.82) is 0 Å². The first-order chi connectivity index (χ1) is 4.63. The van der Waals surface area contributed by atoms with Gasteiger partial charge in [-0.05, 0) is 0 Å². The molecule has 0 amide bonds. The van der Waals surface area contributed by atoms with Gasteiger partial charge < -0.3 is 23.0 Å². The molecule has 6 heteroatoms. The van der Waals surface area contributed by atoms with Gasteiger partial charge in [0.25, 0.3) is 5.43 Å². The van der Waals surface area contributed by atoms with Crippen LogP contribution in [0.2, 0.25) is 0 Å². The van der Waals surface area contributed by atoms with Gasteiger partial charge in [0, 0.05) is 6.20 Å². The van der Waals surface area contributed by atoms with Gasteiger partial charge in [-0.15, -0.1) is 0 Å². The molecule has 0 aromatic carbocycles. The molecular formula is C5H4BLiNO3. The summed E-state index contributed by atoms with van der Waals surface area (Å²) < 4.78 is 0. The number of pyridine rings is 1. The van der Waals surface area contributed by atoms with Gasteiger partial charge in [0.05, 0.1) is 0 Å². The van der Waals surface area contributed by atoms with Crippen molar-refractivity contribution < 1.29 is 29.1 Å². The van der Waals surface area contributed by atoms with E-state index in [-0.39, 0.29) is 24.5 Å². The number of hydrogen-bond acceptors (Lipinski definition) is 3. The van der Waals surface area contributed by atoms with E-state index in [2.05, 4.69) is 4.98 Å². The summed E-state index contributed by atoms with van der Waals surface area (Å²) in [6.07, 6.45) is 1.01. The number of aromatic nitrogens is 1. The maximum atomic E-state index is 10.6. The molecule has 3 radical (unpaired) electrons. The Kier molecular flexibility index (Phi) is 3.30. The molecule has 1 rings (SSSR count). The summed E-state index contributed by atoms with van der Waals surface area (Å²) in [7, 11) is 5.07. The fourth-order valence-electron chi connectivity index (χ4n) is 0.524. The van der Waals surface area contributed by atoms with E-state index in [0.717, 1.165) is 6.20 Å². The van der Waals surface area contributed by atoms with Gasteiger partial charge in [0.2, 0.25) is 0 Å². The van der Waals surface area contributed by atoms with Crippen molar-refractivity contribution in [2.24, 2.45) is 0 Å². The summed E-state index contributed by atoms with van der Waals surface area (Å²) in [6, 6.07) is 0. The molecule has 0 saturated carbocycles. The Hall–Kier alpha value is -0.788. The molecule has 1 aromatic rings. The average Bonchev–Trinajstić information content (AvgIpc) is 1.93. The van der Waals surface area contributed by atoms with Crippen molar-refractivity contribution in [3.05, 3.63) is 16.4 Å². The van der Waals surface area contributed by atoms with Gasteiger partial charge in [-0.3, -0.25) is 4.79 Å². The van der Waals surface area contributed by atoms with Crippen molar-refractivity contribution in [3.63, 3.8) is 0 Å². The van der Waals surface area contributed by atoms with E-state index >= 15 is 0 Å². The molecule has 51 valence electrons. The van der Waals surface area contributed by atoms with Gasteiger partial charge in [-0.2, -0.15) is 0 Å². The third-order valence-corrected chi connectivity index (χ3v) is 1.07. The molecule has 0 bridgehead atoms. The second-order valence-corrected chi connectivity index (χ2v) is 1.77. The molecular weight excluding hydrogens is 140 g/mol. The van der Waals surface area contributed by atoms with E-state index in [4.69, 9.17) is 18.1 Å². The SMILES string of the molecule is [B-]c1[nH]cc(O)c(=O)c1O.[Li+]. The monoisotopic (exact) mass is 144 g/mol. The van der Waals surface area contributed by atoms with Crippen LogP contribution in [0.25, 0.3) is 0 Å². The largest absolute Gasteiger partial charge is 1.00 e. The molecule has 3 N–H and O–H groups in total. The quantitative estimate of drug-likeness (QED) is 0.321. The normalized spacial score (nSPS) is 8.82. The molecule has 0 spiro atoms. The maximum absolute atomic E-state index is 10.6. The predicted octanol–water partition coefficient (Wildman–Crippen LogP) is -4.42. The zero-order valence-corrected chi connectivity index (χ0v) is 5.96. The number of hydrogen-bond donors (Lipinski definition) is 3. The number of aromatic hydroxyl groups is 2. The van der Waals surface area contributed by atoms with Crippen LogP contribution >= 0.6 is 0 Å². The Morgan fingerprint density at radius 3 is 2.45 bits per heavy atom. The second kappa shape index (κ2) is 3.56. The van der Waals surface area contributed by atoms with Crippen LogP contribution in [-0.4, -0.2) is 23.0 Å². The van der Waals surface area contributed by atoms with Crippen LogP contribution in [0.1, 0.15) is 0 Å². The summed E-state index contributed by atoms with van der Waals surface area (Å²) >= 11 is 0. The van der Waals surface area contributed by atoms with Gasteiger partial charge in [0.1, 0.15) is 5.75 Å². The third kappa shape index (κ3) is 1.82. The fourth-order valence-corrected chi connectivity index (χ4v) is 0.524. The molecule has 0 aliphatic heterocycles. The molecule has 0 unspecified atom stereocenters. The predicted molar refractivity (Wildman–Crippen MR) is 35.8 cm³/mol. The van der Waals surface area contributed by atoms with Gasteiger partial charge in [-0.25, -0.2) is 5.59 Å². The molecule has 4 nitrogen and oxygen atoms in total. The van der Waals surface area contributed by atoms with E-state index in [9.17, 15) is 4.79 Å². The van der Waals surface area contributed by atoms with E-state index in [0.29, 0.717) is 0 Å². The topological polar surface area (TPSA) is 73.3 Å². The summed E-state index contributed by atoms with van der Waals surface area (Å²) in [5, 5.41) is 17.4.